The molecule has 0 spiro atoms. The van der Waals surface area contributed by atoms with Gasteiger partial charge in [-0.3, -0.25) is 10.2 Å². The first-order valence-corrected chi connectivity index (χ1v) is 10.0. The Balaban J connectivity index is 1.84. The third-order valence-corrected chi connectivity index (χ3v) is 4.86. The SMILES string of the molecule is CCOc1cc(C=CC(=O)Nn2c(-c3ccccc3Cl)n[nH]c2=S)cc(Cl)c1OC. The average molecular weight is 465 g/mol. The smallest absolute Gasteiger partial charge is 0.262 e. The van der Waals surface area contributed by atoms with Gasteiger partial charge in [-0.05, 0) is 55.0 Å². The van der Waals surface area contributed by atoms with E-state index in [1.165, 1.54) is 17.9 Å². The molecule has 0 aliphatic carbocycles. The monoisotopic (exact) mass is 464 g/mol. The van der Waals surface area contributed by atoms with E-state index in [1.54, 1.807) is 36.4 Å². The summed E-state index contributed by atoms with van der Waals surface area (Å²) in [5.74, 6) is 0.893. The van der Waals surface area contributed by atoms with Crippen molar-refractivity contribution in [1.29, 1.82) is 0 Å². The molecule has 30 heavy (non-hydrogen) atoms. The lowest BCUT2D eigenvalue weighted by molar-refractivity contribution is -0.112. The topological polar surface area (TPSA) is 81.2 Å². The number of H-pyrrole nitrogens is 1. The van der Waals surface area contributed by atoms with Crippen LogP contribution in [-0.4, -0.2) is 34.5 Å². The fourth-order valence-electron chi connectivity index (χ4n) is 2.69. The maximum Gasteiger partial charge on any atom is 0.262 e. The van der Waals surface area contributed by atoms with E-state index >= 15 is 0 Å². The van der Waals surface area contributed by atoms with Crippen molar-refractivity contribution in [3.05, 3.63) is 62.9 Å². The molecule has 0 saturated heterocycles. The van der Waals surface area contributed by atoms with Gasteiger partial charge in [0.15, 0.2) is 17.3 Å². The van der Waals surface area contributed by atoms with E-state index in [4.69, 9.17) is 44.9 Å². The number of carbonyl (C=O) groups is 1. The van der Waals surface area contributed by atoms with E-state index in [-0.39, 0.29) is 4.77 Å². The van der Waals surface area contributed by atoms with E-state index in [0.29, 0.717) is 45.1 Å². The standard InChI is InChI=1S/C20H18Cl2N4O3S/c1-3-29-16-11-12(10-15(22)18(16)28-2)8-9-17(27)25-26-19(23-24-20(26)30)13-6-4-5-7-14(13)21/h4-11H,3H2,1-2H3,(H,24,30)(H,25,27). The Kier molecular flexibility index (Phi) is 7.15. The number of ether oxygens (including phenoxy) is 2. The number of rotatable bonds is 7. The zero-order valence-corrected chi connectivity index (χ0v) is 18.4. The van der Waals surface area contributed by atoms with Crippen molar-refractivity contribution in [2.45, 2.75) is 6.92 Å². The van der Waals surface area contributed by atoms with Crippen LogP contribution in [0.25, 0.3) is 17.5 Å². The zero-order valence-electron chi connectivity index (χ0n) is 16.1. The minimum Gasteiger partial charge on any atom is -0.491 e. The molecule has 3 rings (SSSR count). The van der Waals surface area contributed by atoms with Gasteiger partial charge in [-0.2, -0.15) is 5.10 Å². The maximum absolute atomic E-state index is 12.5. The summed E-state index contributed by atoms with van der Waals surface area (Å²) >= 11 is 17.7. The number of methoxy groups -OCH3 is 1. The molecule has 156 valence electrons. The molecule has 2 aromatic carbocycles. The van der Waals surface area contributed by atoms with Crippen molar-refractivity contribution < 1.29 is 14.3 Å². The highest BCUT2D eigenvalue weighted by atomic mass is 35.5. The van der Waals surface area contributed by atoms with Crippen LogP contribution in [0.4, 0.5) is 0 Å². The zero-order chi connectivity index (χ0) is 21.7. The van der Waals surface area contributed by atoms with Crippen LogP contribution in [-0.2, 0) is 4.79 Å². The molecule has 1 heterocycles. The van der Waals surface area contributed by atoms with Gasteiger partial charge in [-0.15, -0.1) is 0 Å². The Bertz CT molecular complexity index is 1160. The number of benzene rings is 2. The number of nitrogens with zero attached hydrogens (tertiary/aromatic N) is 2. The van der Waals surface area contributed by atoms with Gasteiger partial charge < -0.3 is 9.47 Å². The highest BCUT2D eigenvalue weighted by Gasteiger charge is 2.14. The molecule has 0 radical (unpaired) electrons. The Morgan fingerprint density at radius 3 is 2.77 bits per heavy atom. The van der Waals surface area contributed by atoms with Crippen LogP contribution in [0.1, 0.15) is 12.5 Å². The second-order valence-corrected chi connectivity index (χ2v) is 7.15. The van der Waals surface area contributed by atoms with Crippen LogP contribution in [0.5, 0.6) is 11.5 Å². The van der Waals surface area contributed by atoms with E-state index in [9.17, 15) is 4.79 Å². The molecule has 0 saturated carbocycles. The lowest BCUT2D eigenvalue weighted by atomic mass is 10.2. The highest BCUT2D eigenvalue weighted by molar-refractivity contribution is 7.71. The predicted molar refractivity (Wildman–Crippen MR) is 120 cm³/mol. The van der Waals surface area contributed by atoms with Gasteiger partial charge in [0, 0.05) is 11.6 Å². The number of hydrogen-bond donors (Lipinski definition) is 2. The summed E-state index contributed by atoms with van der Waals surface area (Å²) in [6.07, 6.45) is 2.95. The number of hydrogen-bond acceptors (Lipinski definition) is 5. The van der Waals surface area contributed by atoms with E-state index in [2.05, 4.69) is 15.6 Å². The fraction of sp³-hybridized carbons (Fsp3) is 0.150. The maximum atomic E-state index is 12.5. The Morgan fingerprint density at radius 1 is 1.30 bits per heavy atom. The van der Waals surface area contributed by atoms with Gasteiger partial charge in [0.05, 0.1) is 23.8 Å². The molecule has 1 amide bonds. The lowest BCUT2D eigenvalue weighted by Crippen LogP contribution is -2.22. The van der Waals surface area contributed by atoms with Crippen molar-refractivity contribution in [2.75, 3.05) is 19.1 Å². The molecule has 7 nitrogen and oxygen atoms in total. The average Bonchev–Trinajstić information content (AvgIpc) is 3.07. The Hall–Kier alpha value is -2.81. The minimum absolute atomic E-state index is 0.220. The number of aromatic amines is 1. The predicted octanol–water partition coefficient (Wildman–Crippen LogP) is 5.11. The molecular weight excluding hydrogens is 447 g/mol. The third kappa shape index (κ3) is 4.84. The van der Waals surface area contributed by atoms with E-state index in [0.717, 1.165) is 0 Å². The summed E-state index contributed by atoms with van der Waals surface area (Å²) in [6.45, 7) is 2.30. The molecule has 0 unspecified atom stereocenters. The molecule has 0 fully saturated rings. The molecule has 0 aliphatic rings. The van der Waals surface area contributed by atoms with Gasteiger partial charge in [-0.25, -0.2) is 9.77 Å². The second kappa shape index (κ2) is 9.80. The number of aromatic nitrogens is 3. The third-order valence-electron chi connectivity index (χ3n) is 3.97. The molecule has 0 bridgehead atoms. The van der Waals surface area contributed by atoms with Crippen LogP contribution in [0.2, 0.25) is 10.0 Å². The molecule has 3 aromatic rings. The van der Waals surface area contributed by atoms with Crippen LogP contribution in [0, 0.1) is 4.77 Å². The van der Waals surface area contributed by atoms with Crippen LogP contribution < -0.4 is 14.9 Å². The Morgan fingerprint density at radius 2 is 2.07 bits per heavy atom. The summed E-state index contributed by atoms with van der Waals surface area (Å²) in [6, 6.07) is 10.5. The van der Waals surface area contributed by atoms with Crippen LogP contribution in [0.15, 0.2) is 42.5 Å². The quantitative estimate of drug-likeness (QED) is 0.375. The summed E-state index contributed by atoms with van der Waals surface area (Å²) in [5, 5.41) is 7.67. The van der Waals surface area contributed by atoms with Gasteiger partial charge in [0.1, 0.15) is 0 Å². The molecule has 1 aromatic heterocycles. The highest BCUT2D eigenvalue weighted by Crippen LogP contribution is 2.36. The summed E-state index contributed by atoms with van der Waals surface area (Å²) in [5.41, 5.74) is 3.97. The molecule has 0 atom stereocenters. The van der Waals surface area contributed by atoms with Gasteiger partial charge >= 0.3 is 0 Å². The molecule has 10 heteroatoms. The van der Waals surface area contributed by atoms with Gasteiger partial charge in [0.25, 0.3) is 5.91 Å². The number of carbonyl (C=O) groups excluding carboxylic acids is 1. The summed E-state index contributed by atoms with van der Waals surface area (Å²) < 4.78 is 12.4. The summed E-state index contributed by atoms with van der Waals surface area (Å²) in [4.78, 5) is 12.5. The molecule has 0 aliphatic heterocycles. The number of nitrogens with one attached hydrogen (secondary N) is 2. The molecular formula is C20H18Cl2N4O3S. The van der Waals surface area contributed by atoms with E-state index in [1.807, 2.05) is 13.0 Å². The largest absolute Gasteiger partial charge is 0.491 e. The van der Waals surface area contributed by atoms with Gasteiger partial charge in [0.2, 0.25) is 4.77 Å². The normalized spacial score (nSPS) is 10.9. The first-order valence-electron chi connectivity index (χ1n) is 8.86. The lowest BCUT2D eigenvalue weighted by Gasteiger charge is -2.12. The Labute approximate surface area is 188 Å². The van der Waals surface area contributed by atoms with E-state index < -0.39 is 5.91 Å². The first-order chi connectivity index (χ1) is 14.4. The minimum atomic E-state index is -0.425. The van der Waals surface area contributed by atoms with Crippen molar-refractivity contribution in [3.63, 3.8) is 0 Å². The summed E-state index contributed by atoms with van der Waals surface area (Å²) in [7, 11) is 1.51. The number of amides is 1. The van der Waals surface area contributed by atoms with Crippen molar-refractivity contribution >= 4 is 47.4 Å². The van der Waals surface area contributed by atoms with Crippen molar-refractivity contribution in [2.24, 2.45) is 0 Å². The van der Waals surface area contributed by atoms with Crippen LogP contribution in [0.3, 0.4) is 0 Å². The van der Waals surface area contributed by atoms with Crippen molar-refractivity contribution in [3.8, 4) is 22.9 Å². The molecule has 2 N–H and O–H groups in total. The van der Waals surface area contributed by atoms with Crippen LogP contribution >= 0.6 is 35.4 Å². The second-order valence-electron chi connectivity index (χ2n) is 5.94. The van der Waals surface area contributed by atoms with Crippen molar-refractivity contribution in [1.82, 2.24) is 14.9 Å². The first kappa shape index (κ1) is 21.9. The fourth-order valence-corrected chi connectivity index (χ4v) is 3.38. The number of halogens is 2. The van der Waals surface area contributed by atoms with Gasteiger partial charge in [-0.1, -0.05) is 35.3 Å².